The molecule has 5 nitrogen and oxygen atoms in total. The van der Waals surface area contributed by atoms with Gasteiger partial charge < -0.3 is 9.47 Å². The first-order valence-corrected chi connectivity index (χ1v) is 3.54. The predicted molar refractivity (Wildman–Crippen MR) is 42.4 cm³/mol. The fraction of sp³-hybridized carbons (Fsp3) is 0. The van der Waals surface area contributed by atoms with Crippen LogP contribution in [0, 0.1) is 0 Å². The summed E-state index contributed by atoms with van der Waals surface area (Å²) in [6, 6.07) is 2.85. The van der Waals surface area contributed by atoms with Gasteiger partial charge in [0.1, 0.15) is 5.15 Å². The van der Waals surface area contributed by atoms with E-state index in [1.165, 1.54) is 18.3 Å². The fourth-order valence-corrected chi connectivity index (χ4v) is 0.694. The molecule has 6 heteroatoms. The number of carbonyl (C=O) groups excluding carboxylic acids is 2. The highest BCUT2D eigenvalue weighted by atomic mass is 35.5. The Morgan fingerprint density at radius 1 is 1.54 bits per heavy atom. The van der Waals surface area contributed by atoms with Gasteiger partial charge in [0.2, 0.25) is 0 Å². The molecule has 0 spiro atoms. The number of pyridine rings is 1. The molecular weight excluding hydrogens is 198 g/mol. The Morgan fingerprint density at radius 3 is 2.85 bits per heavy atom. The average Bonchev–Trinajstić information content (AvgIpc) is 2.09. The van der Waals surface area contributed by atoms with E-state index in [0.717, 1.165) is 0 Å². The Kier molecular flexibility index (Phi) is 3.22. The van der Waals surface area contributed by atoms with Crippen molar-refractivity contribution in [3.05, 3.63) is 23.5 Å². The van der Waals surface area contributed by atoms with Gasteiger partial charge in [-0.15, -0.1) is 0 Å². The SMILES string of the molecule is O=COC(=O)Oc1ccc(Cl)nc1. The minimum absolute atomic E-state index is 0.0221. The number of nitrogens with zero attached hydrogens (tertiary/aromatic N) is 1. The molecule has 0 amide bonds. The molecule has 0 atom stereocenters. The van der Waals surface area contributed by atoms with Crippen LogP contribution in [0.5, 0.6) is 5.75 Å². The molecule has 1 aromatic heterocycles. The van der Waals surface area contributed by atoms with Crippen molar-refractivity contribution in [1.82, 2.24) is 4.98 Å². The smallest absolute Gasteiger partial charge is 0.393 e. The average molecular weight is 202 g/mol. The molecule has 13 heavy (non-hydrogen) atoms. The highest BCUT2D eigenvalue weighted by Gasteiger charge is 2.04. The van der Waals surface area contributed by atoms with Gasteiger partial charge in [0.15, 0.2) is 5.75 Å². The fourth-order valence-electron chi connectivity index (χ4n) is 0.582. The van der Waals surface area contributed by atoms with Crippen molar-refractivity contribution >= 4 is 24.2 Å². The number of carbonyl (C=O) groups is 2. The lowest BCUT2D eigenvalue weighted by molar-refractivity contribution is -0.124. The van der Waals surface area contributed by atoms with E-state index in [1.807, 2.05) is 0 Å². The van der Waals surface area contributed by atoms with Crippen LogP contribution in [0.3, 0.4) is 0 Å². The summed E-state index contributed by atoms with van der Waals surface area (Å²) in [7, 11) is 0. The van der Waals surface area contributed by atoms with Crippen LogP contribution in [0.25, 0.3) is 0 Å². The van der Waals surface area contributed by atoms with E-state index < -0.39 is 6.16 Å². The van der Waals surface area contributed by atoms with Gasteiger partial charge in [0.05, 0.1) is 6.20 Å². The third-order valence-corrected chi connectivity index (χ3v) is 1.27. The van der Waals surface area contributed by atoms with Crippen molar-refractivity contribution in [3.63, 3.8) is 0 Å². The first-order chi connectivity index (χ1) is 6.22. The zero-order chi connectivity index (χ0) is 9.68. The van der Waals surface area contributed by atoms with Crippen LogP contribution >= 0.6 is 11.6 Å². The van der Waals surface area contributed by atoms with Gasteiger partial charge in [-0.3, -0.25) is 4.79 Å². The third-order valence-electron chi connectivity index (χ3n) is 1.05. The number of hydrogen-bond donors (Lipinski definition) is 0. The monoisotopic (exact) mass is 201 g/mol. The number of rotatable bonds is 2. The van der Waals surface area contributed by atoms with Gasteiger partial charge in [-0.05, 0) is 12.1 Å². The second-order valence-electron chi connectivity index (χ2n) is 1.88. The molecule has 0 saturated heterocycles. The molecule has 1 heterocycles. The summed E-state index contributed by atoms with van der Waals surface area (Å²) in [6.07, 6.45) is 0.119. The molecule has 0 aliphatic rings. The van der Waals surface area contributed by atoms with Gasteiger partial charge in [-0.2, -0.15) is 0 Å². The van der Waals surface area contributed by atoms with Crippen molar-refractivity contribution in [2.24, 2.45) is 0 Å². The first kappa shape index (κ1) is 9.47. The molecule has 0 saturated carbocycles. The Balaban J connectivity index is 2.59. The number of aromatic nitrogens is 1. The summed E-state index contributed by atoms with van der Waals surface area (Å²) in [5.74, 6) is 0.149. The van der Waals surface area contributed by atoms with Gasteiger partial charge >= 0.3 is 12.6 Å². The normalized spacial score (nSPS) is 9.00. The van der Waals surface area contributed by atoms with Crippen LogP contribution in [0.4, 0.5) is 4.79 Å². The minimum atomic E-state index is -1.11. The zero-order valence-corrected chi connectivity index (χ0v) is 7.02. The Bertz CT molecular complexity index is 311. The lowest BCUT2D eigenvalue weighted by atomic mass is 10.5. The molecule has 68 valence electrons. The zero-order valence-electron chi connectivity index (χ0n) is 6.27. The maximum absolute atomic E-state index is 10.6. The van der Waals surface area contributed by atoms with Crippen molar-refractivity contribution in [2.45, 2.75) is 0 Å². The van der Waals surface area contributed by atoms with E-state index in [4.69, 9.17) is 11.6 Å². The van der Waals surface area contributed by atoms with Gasteiger partial charge in [-0.25, -0.2) is 9.78 Å². The lowest BCUT2D eigenvalue weighted by Crippen LogP contribution is -2.09. The Morgan fingerprint density at radius 2 is 2.31 bits per heavy atom. The summed E-state index contributed by atoms with van der Waals surface area (Å²) < 4.78 is 8.37. The summed E-state index contributed by atoms with van der Waals surface area (Å²) in [6.45, 7) is -0.0221. The standard InChI is InChI=1S/C7H4ClNO4/c8-6-2-1-5(3-9-6)13-7(11)12-4-10/h1-4H. The van der Waals surface area contributed by atoms with Gasteiger partial charge in [0, 0.05) is 0 Å². The second-order valence-corrected chi connectivity index (χ2v) is 2.27. The van der Waals surface area contributed by atoms with Crippen molar-refractivity contribution in [3.8, 4) is 5.75 Å². The van der Waals surface area contributed by atoms with Crippen molar-refractivity contribution < 1.29 is 19.1 Å². The van der Waals surface area contributed by atoms with Crippen LogP contribution in [-0.4, -0.2) is 17.6 Å². The molecule has 0 aliphatic carbocycles. The molecule has 0 aromatic carbocycles. The Labute approximate surface area is 78.2 Å². The summed E-state index contributed by atoms with van der Waals surface area (Å²) in [5, 5.41) is 0.274. The van der Waals surface area contributed by atoms with Crippen LogP contribution in [0.2, 0.25) is 5.15 Å². The topological polar surface area (TPSA) is 65.5 Å². The quantitative estimate of drug-likeness (QED) is 0.313. The highest BCUT2D eigenvalue weighted by molar-refractivity contribution is 6.29. The molecule has 0 aliphatic heterocycles. The predicted octanol–water partition coefficient (Wildman–Crippen LogP) is 1.41. The van der Waals surface area contributed by atoms with Crippen LogP contribution in [-0.2, 0) is 9.53 Å². The number of halogens is 1. The Hall–Kier alpha value is -1.62. The van der Waals surface area contributed by atoms with E-state index in [2.05, 4.69) is 14.5 Å². The highest BCUT2D eigenvalue weighted by Crippen LogP contribution is 2.12. The third kappa shape index (κ3) is 3.08. The van der Waals surface area contributed by atoms with E-state index in [9.17, 15) is 9.59 Å². The van der Waals surface area contributed by atoms with Gasteiger partial charge in [-0.1, -0.05) is 11.6 Å². The molecular formula is C7H4ClNO4. The molecule has 1 aromatic rings. The van der Waals surface area contributed by atoms with Crippen LogP contribution in [0.1, 0.15) is 0 Å². The van der Waals surface area contributed by atoms with Crippen LogP contribution in [0.15, 0.2) is 18.3 Å². The number of hydrogen-bond acceptors (Lipinski definition) is 5. The molecule has 1 rings (SSSR count). The molecule has 0 unspecified atom stereocenters. The number of ether oxygens (including phenoxy) is 2. The minimum Gasteiger partial charge on any atom is -0.393 e. The van der Waals surface area contributed by atoms with E-state index in [-0.39, 0.29) is 17.4 Å². The largest absolute Gasteiger partial charge is 0.521 e. The summed E-state index contributed by atoms with van der Waals surface area (Å²) in [5.41, 5.74) is 0. The molecule has 0 bridgehead atoms. The summed E-state index contributed by atoms with van der Waals surface area (Å²) in [4.78, 5) is 23.9. The van der Waals surface area contributed by atoms with E-state index in [1.54, 1.807) is 0 Å². The summed E-state index contributed by atoms with van der Waals surface area (Å²) >= 11 is 5.47. The molecule has 0 radical (unpaired) electrons. The van der Waals surface area contributed by atoms with E-state index in [0.29, 0.717) is 0 Å². The van der Waals surface area contributed by atoms with Crippen molar-refractivity contribution in [2.75, 3.05) is 0 Å². The lowest BCUT2D eigenvalue weighted by Gasteiger charge is -1.99. The second kappa shape index (κ2) is 4.42. The molecule has 0 fully saturated rings. The maximum Gasteiger partial charge on any atom is 0.521 e. The first-order valence-electron chi connectivity index (χ1n) is 3.16. The molecule has 0 N–H and O–H groups in total. The van der Waals surface area contributed by atoms with Crippen LogP contribution < -0.4 is 4.74 Å². The van der Waals surface area contributed by atoms with Gasteiger partial charge in [0.25, 0.3) is 0 Å². The van der Waals surface area contributed by atoms with Crippen molar-refractivity contribution in [1.29, 1.82) is 0 Å². The maximum atomic E-state index is 10.6. The van der Waals surface area contributed by atoms with E-state index >= 15 is 0 Å².